The summed E-state index contributed by atoms with van der Waals surface area (Å²) in [6.45, 7) is 9.57. The second-order valence-corrected chi connectivity index (χ2v) is 9.03. The molecule has 7 heteroatoms. The van der Waals surface area contributed by atoms with Gasteiger partial charge in [-0.1, -0.05) is 13.8 Å². The fraction of sp³-hybridized carbons (Fsp3) is 0.619. The highest BCUT2D eigenvalue weighted by Gasteiger charge is 2.25. The van der Waals surface area contributed by atoms with E-state index in [9.17, 15) is 4.79 Å². The van der Waals surface area contributed by atoms with Crippen LogP contribution in [0.5, 0.6) is 0 Å². The van der Waals surface area contributed by atoms with Gasteiger partial charge in [-0.05, 0) is 37.0 Å². The number of halogens is 2. The van der Waals surface area contributed by atoms with Crippen molar-refractivity contribution < 1.29 is 4.79 Å². The largest absolute Gasteiger partial charge is 0.369 e. The van der Waals surface area contributed by atoms with E-state index in [-0.39, 0.29) is 17.4 Å². The van der Waals surface area contributed by atoms with Gasteiger partial charge in [0.1, 0.15) is 5.82 Å². The van der Waals surface area contributed by atoms with Crippen molar-refractivity contribution in [2.24, 2.45) is 12.5 Å². The maximum absolute atomic E-state index is 11.3. The molecule has 2 rings (SSSR count). The standard InChI is InChI=1S/C21H32Cl2N4O/c1-15(24-16(2)28)13-21(3,4)14-20-25-18-12-17(6-7-19(18)26(20)5)27(10-8-22)11-9-23/h6-7,12,15H,8-11,13-14H2,1-5H3,(H,24,28). The van der Waals surface area contributed by atoms with Gasteiger partial charge in [-0.25, -0.2) is 4.98 Å². The predicted molar refractivity (Wildman–Crippen MR) is 120 cm³/mol. The van der Waals surface area contributed by atoms with Crippen molar-refractivity contribution in [2.75, 3.05) is 29.7 Å². The molecule has 0 aliphatic heterocycles. The summed E-state index contributed by atoms with van der Waals surface area (Å²) >= 11 is 11.9. The number of rotatable bonds is 10. The third-order valence-electron chi connectivity index (χ3n) is 4.98. The molecule has 1 aromatic carbocycles. The van der Waals surface area contributed by atoms with Crippen molar-refractivity contribution >= 4 is 45.8 Å². The van der Waals surface area contributed by atoms with Crippen LogP contribution in [0.2, 0.25) is 0 Å². The maximum Gasteiger partial charge on any atom is 0.217 e. The number of nitrogens with one attached hydrogen (secondary N) is 1. The molecule has 0 fully saturated rings. The minimum Gasteiger partial charge on any atom is -0.369 e. The first kappa shape index (κ1) is 22.8. The Morgan fingerprint density at radius 1 is 1.29 bits per heavy atom. The van der Waals surface area contributed by atoms with Crippen molar-refractivity contribution in [1.29, 1.82) is 0 Å². The summed E-state index contributed by atoms with van der Waals surface area (Å²) in [6, 6.07) is 6.47. The predicted octanol–water partition coefficient (Wildman–Crippen LogP) is 4.34. The van der Waals surface area contributed by atoms with E-state index in [4.69, 9.17) is 28.2 Å². The van der Waals surface area contributed by atoms with Gasteiger partial charge in [-0.3, -0.25) is 4.79 Å². The zero-order chi connectivity index (χ0) is 20.9. The molecule has 5 nitrogen and oxygen atoms in total. The van der Waals surface area contributed by atoms with Gasteiger partial charge >= 0.3 is 0 Å². The van der Waals surface area contributed by atoms with Crippen molar-refractivity contribution in [3.63, 3.8) is 0 Å². The zero-order valence-electron chi connectivity index (χ0n) is 17.6. The van der Waals surface area contributed by atoms with Gasteiger partial charge in [-0.15, -0.1) is 23.2 Å². The summed E-state index contributed by atoms with van der Waals surface area (Å²) in [5.74, 6) is 2.18. The first-order valence-electron chi connectivity index (χ1n) is 9.76. The van der Waals surface area contributed by atoms with Crippen LogP contribution in [0.1, 0.15) is 39.9 Å². The van der Waals surface area contributed by atoms with Gasteiger partial charge < -0.3 is 14.8 Å². The van der Waals surface area contributed by atoms with Crippen LogP contribution in [0.15, 0.2) is 18.2 Å². The Morgan fingerprint density at radius 3 is 2.50 bits per heavy atom. The van der Waals surface area contributed by atoms with Crippen molar-refractivity contribution in [3.8, 4) is 0 Å². The highest BCUT2D eigenvalue weighted by molar-refractivity contribution is 6.18. The lowest BCUT2D eigenvalue weighted by atomic mass is 9.82. The molecule has 1 heterocycles. The SMILES string of the molecule is CC(=O)NC(C)CC(C)(C)Cc1nc2cc(N(CCCl)CCCl)ccc2n1C. The second kappa shape index (κ2) is 9.84. The van der Waals surface area contributed by atoms with Crippen molar-refractivity contribution in [1.82, 2.24) is 14.9 Å². The molecule has 1 unspecified atom stereocenters. The lowest BCUT2D eigenvalue weighted by Crippen LogP contribution is -2.35. The number of fused-ring (bicyclic) bond motifs is 1. The van der Waals surface area contributed by atoms with E-state index in [1.165, 1.54) is 0 Å². The van der Waals surface area contributed by atoms with Crippen LogP contribution in [0.4, 0.5) is 5.69 Å². The molecule has 1 N–H and O–H groups in total. The number of carbonyl (C=O) groups excluding carboxylic acids is 1. The number of aryl methyl sites for hydroxylation is 1. The van der Waals surface area contributed by atoms with Gasteiger partial charge in [0.15, 0.2) is 0 Å². The van der Waals surface area contributed by atoms with E-state index in [0.29, 0.717) is 11.8 Å². The van der Waals surface area contributed by atoms with Crippen LogP contribution in [0, 0.1) is 5.41 Å². The first-order chi connectivity index (χ1) is 13.2. The molecule has 156 valence electrons. The smallest absolute Gasteiger partial charge is 0.217 e. The number of anilines is 1. The van der Waals surface area contributed by atoms with E-state index in [1.807, 2.05) is 6.92 Å². The Labute approximate surface area is 178 Å². The van der Waals surface area contributed by atoms with Crippen molar-refractivity contribution in [3.05, 3.63) is 24.0 Å². The molecule has 0 aliphatic rings. The summed E-state index contributed by atoms with van der Waals surface area (Å²) in [5, 5.41) is 2.98. The molecular formula is C21H32Cl2N4O. The number of amides is 1. The molecule has 0 spiro atoms. The summed E-state index contributed by atoms with van der Waals surface area (Å²) < 4.78 is 2.16. The van der Waals surface area contributed by atoms with E-state index in [2.05, 4.69) is 53.9 Å². The highest BCUT2D eigenvalue weighted by Crippen LogP contribution is 2.30. The average molecular weight is 427 g/mol. The fourth-order valence-electron chi connectivity index (χ4n) is 3.89. The van der Waals surface area contributed by atoms with Gasteiger partial charge in [0, 0.05) is 57.0 Å². The summed E-state index contributed by atoms with van der Waals surface area (Å²) in [6.07, 6.45) is 1.73. The average Bonchev–Trinajstić information content (AvgIpc) is 2.88. The van der Waals surface area contributed by atoms with E-state index in [0.717, 1.165) is 48.5 Å². The number of hydrogen-bond acceptors (Lipinski definition) is 3. The second-order valence-electron chi connectivity index (χ2n) is 8.27. The topological polar surface area (TPSA) is 50.2 Å². The Balaban J connectivity index is 2.24. The summed E-state index contributed by atoms with van der Waals surface area (Å²) in [7, 11) is 2.06. The maximum atomic E-state index is 11.3. The number of nitrogens with zero attached hydrogens (tertiary/aromatic N) is 3. The van der Waals surface area contributed by atoms with Crippen LogP contribution in [0.3, 0.4) is 0 Å². The molecule has 2 aromatic rings. The zero-order valence-corrected chi connectivity index (χ0v) is 19.1. The number of hydrogen-bond donors (Lipinski definition) is 1. The lowest BCUT2D eigenvalue weighted by Gasteiger charge is -2.28. The van der Waals surface area contributed by atoms with Crippen LogP contribution in [-0.2, 0) is 18.3 Å². The Hall–Kier alpha value is -1.46. The first-order valence-corrected chi connectivity index (χ1v) is 10.8. The number of alkyl halides is 2. The van der Waals surface area contributed by atoms with Crippen LogP contribution in [-0.4, -0.2) is 46.3 Å². The monoisotopic (exact) mass is 426 g/mol. The molecule has 0 aliphatic carbocycles. The quantitative estimate of drug-likeness (QED) is 0.574. The fourth-order valence-corrected chi connectivity index (χ4v) is 4.30. The molecule has 0 bridgehead atoms. The number of benzene rings is 1. The minimum atomic E-state index is 0.0111. The molecular weight excluding hydrogens is 395 g/mol. The minimum absolute atomic E-state index is 0.0111. The van der Waals surface area contributed by atoms with Crippen LogP contribution >= 0.6 is 23.2 Å². The molecule has 28 heavy (non-hydrogen) atoms. The third-order valence-corrected chi connectivity index (χ3v) is 5.31. The number of imidazole rings is 1. The normalized spacial score (nSPS) is 13.0. The Morgan fingerprint density at radius 2 is 1.93 bits per heavy atom. The van der Waals surface area contributed by atoms with E-state index < -0.39 is 0 Å². The molecule has 0 saturated carbocycles. The molecule has 1 amide bonds. The number of carbonyl (C=O) groups is 1. The van der Waals surface area contributed by atoms with Gasteiger partial charge in [0.2, 0.25) is 5.91 Å². The summed E-state index contributed by atoms with van der Waals surface area (Å²) in [5.41, 5.74) is 3.20. The van der Waals surface area contributed by atoms with Gasteiger partial charge in [-0.2, -0.15) is 0 Å². The Bertz CT molecular complexity index is 797. The lowest BCUT2D eigenvalue weighted by molar-refractivity contribution is -0.119. The number of aromatic nitrogens is 2. The van der Waals surface area contributed by atoms with Crippen LogP contribution < -0.4 is 10.2 Å². The molecule has 0 saturated heterocycles. The van der Waals surface area contributed by atoms with Gasteiger partial charge in [0.25, 0.3) is 0 Å². The van der Waals surface area contributed by atoms with Gasteiger partial charge in [0.05, 0.1) is 11.0 Å². The Kier molecular flexibility index (Phi) is 8.02. The molecule has 0 radical (unpaired) electrons. The highest BCUT2D eigenvalue weighted by atomic mass is 35.5. The van der Waals surface area contributed by atoms with Crippen LogP contribution in [0.25, 0.3) is 11.0 Å². The third kappa shape index (κ3) is 6.02. The molecule has 1 aromatic heterocycles. The molecule has 1 atom stereocenters. The summed E-state index contributed by atoms with van der Waals surface area (Å²) in [4.78, 5) is 18.4. The van der Waals surface area contributed by atoms with E-state index in [1.54, 1.807) is 6.92 Å². The van der Waals surface area contributed by atoms with E-state index >= 15 is 0 Å². The van der Waals surface area contributed by atoms with Crippen molar-refractivity contribution in [2.45, 2.75) is 46.6 Å².